The smallest absolute Gasteiger partial charge is 0.373 e. The molecule has 1 atom stereocenters. The van der Waals surface area contributed by atoms with Crippen LogP contribution in [-0.2, 0) is 14.6 Å². The Morgan fingerprint density at radius 2 is 1.68 bits per heavy atom. The van der Waals surface area contributed by atoms with Crippen molar-refractivity contribution in [3.05, 3.63) is 58.6 Å². The van der Waals surface area contributed by atoms with Crippen molar-refractivity contribution in [2.24, 2.45) is 0 Å². The summed E-state index contributed by atoms with van der Waals surface area (Å²) in [6, 6.07) is 9.25. The van der Waals surface area contributed by atoms with E-state index >= 15 is 0 Å². The molecule has 12 heteroatoms. The first-order valence-electron chi connectivity index (χ1n) is 7.47. The third kappa shape index (κ3) is 3.97. The lowest BCUT2D eigenvalue weighted by Crippen LogP contribution is -2.52. The number of aliphatic hydroxyl groups is 1. The van der Waals surface area contributed by atoms with Gasteiger partial charge in [0.05, 0.1) is 14.7 Å². The summed E-state index contributed by atoms with van der Waals surface area (Å²) in [6.07, 6.45) is -5.33. The molecule has 1 amide bonds. The Bertz CT molecular complexity index is 1020. The highest BCUT2D eigenvalue weighted by molar-refractivity contribution is 7.91. The minimum Gasteiger partial charge on any atom is -0.373 e. The van der Waals surface area contributed by atoms with Crippen LogP contribution in [0.15, 0.2) is 58.3 Å². The number of carbonyl (C=O) groups is 1. The number of benzene rings is 2. The quantitative estimate of drug-likeness (QED) is 0.568. The zero-order chi connectivity index (χ0) is 21.3. The van der Waals surface area contributed by atoms with Crippen molar-refractivity contribution >= 4 is 27.1 Å². The van der Waals surface area contributed by atoms with Crippen molar-refractivity contribution in [2.75, 3.05) is 5.32 Å². The van der Waals surface area contributed by atoms with E-state index in [2.05, 4.69) is 0 Å². The molecule has 0 heterocycles. The topological polar surface area (TPSA) is 127 Å². The maximum Gasteiger partial charge on any atom is 0.426 e. The van der Waals surface area contributed by atoms with Gasteiger partial charge >= 0.3 is 6.18 Å². The van der Waals surface area contributed by atoms with Crippen LogP contribution in [0, 0.1) is 10.1 Å². The van der Waals surface area contributed by atoms with Crippen molar-refractivity contribution < 1.29 is 36.4 Å². The highest BCUT2D eigenvalue weighted by Crippen LogP contribution is 2.34. The van der Waals surface area contributed by atoms with Crippen LogP contribution in [0.5, 0.6) is 0 Å². The average molecular weight is 418 g/mol. The van der Waals surface area contributed by atoms with Gasteiger partial charge in [-0.1, -0.05) is 18.2 Å². The van der Waals surface area contributed by atoms with Gasteiger partial charge < -0.3 is 10.4 Å². The van der Waals surface area contributed by atoms with Gasteiger partial charge in [-0.25, -0.2) is 8.42 Å². The molecular formula is C16H13F3N2O6S. The molecule has 0 aliphatic carbocycles. The molecule has 0 saturated heterocycles. The van der Waals surface area contributed by atoms with E-state index < -0.39 is 48.7 Å². The number of halogens is 3. The van der Waals surface area contributed by atoms with E-state index in [4.69, 9.17) is 0 Å². The Hall–Kier alpha value is -2.99. The zero-order valence-corrected chi connectivity index (χ0v) is 14.9. The third-order valence-electron chi connectivity index (χ3n) is 3.77. The van der Waals surface area contributed by atoms with Crippen LogP contribution < -0.4 is 5.32 Å². The first-order valence-corrected chi connectivity index (χ1v) is 8.96. The van der Waals surface area contributed by atoms with Crippen molar-refractivity contribution in [1.82, 2.24) is 0 Å². The normalized spacial score (nSPS) is 14.2. The molecule has 150 valence electrons. The first kappa shape index (κ1) is 21.3. The maximum atomic E-state index is 12.7. The Balaban J connectivity index is 2.48. The fourth-order valence-corrected chi connectivity index (χ4v) is 3.35. The Kier molecular flexibility index (Phi) is 5.48. The summed E-state index contributed by atoms with van der Waals surface area (Å²) in [5.74, 6) is -1.96. The van der Waals surface area contributed by atoms with Gasteiger partial charge in [0.2, 0.25) is 15.4 Å². The number of rotatable bonds is 5. The minimum absolute atomic E-state index is 0.152. The number of nitrogens with zero attached hydrogens (tertiary/aromatic N) is 1. The van der Waals surface area contributed by atoms with Gasteiger partial charge in [0.1, 0.15) is 5.69 Å². The molecule has 0 saturated carbocycles. The van der Waals surface area contributed by atoms with Gasteiger partial charge in [0, 0.05) is 6.07 Å². The van der Waals surface area contributed by atoms with Crippen LogP contribution in [0.3, 0.4) is 0 Å². The first-order chi connectivity index (χ1) is 12.8. The minimum atomic E-state index is -5.33. The summed E-state index contributed by atoms with van der Waals surface area (Å²) in [5, 5.41) is 22.2. The van der Waals surface area contributed by atoms with Gasteiger partial charge in [-0.15, -0.1) is 0 Å². The van der Waals surface area contributed by atoms with E-state index in [1.165, 1.54) is 24.3 Å². The number of nitro benzene ring substituents is 1. The van der Waals surface area contributed by atoms with Gasteiger partial charge in [0.25, 0.3) is 11.6 Å². The van der Waals surface area contributed by atoms with Crippen molar-refractivity contribution in [1.29, 1.82) is 0 Å². The lowest BCUT2D eigenvalue weighted by Gasteiger charge is -2.24. The predicted octanol–water partition coefficient (Wildman–Crippen LogP) is 2.68. The van der Waals surface area contributed by atoms with Crippen LogP contribution in [0.1, 0.15) is 6.92 Å². The molecular weight excluding hydrogens is 405 g/mol. The SMILES string of the molecule is C[C@](O)(C(=O)Nc1ccc(S(=O)(=O)c2ccccc2)cc1[N+](=O)[O-])C(F)(F)F. The zero-order valence-electron chi connectivity index (χ0n) is 14.1. The summed E-state index contributed by atoms with van der Waals surface area (Å²) in [5.41, 5.74) is -5.47. The van der Waals surface area contributed by atoms with Gasteiger partial charge in [-0.3, -0.25) is 14.9 Å². The molecule has 0 spiro atoms. The highest BCUT2D eigenvalue weighted by atomic mass is 32.2. The van der Waals surface area contributed by atoms with Crippen LogP contribution in [0.25, 0.3) is 0 Å². The number of amides is 1. The number of alkyl halides is 3. The molecule has 0 bridgehead atoms. The van der Waals surface area contributed by atoms with Crippen LogP contribution in [0.2, 0.25) is 0 Å². The number of hydrogen-bond acceptors (Lipinski definition) is 6. The second kappa shape index (κ2) is 7.20. The molecule has 2 aromatic rings. The fraction of sp³-hybridized carbons (Fsp3) is 0.188. The Morgan fingerprint density at radius 3 is 2.18 bits per heavy atom. The molecule has 2 N–H and O–H groups in total. The second-order valence-corrected chi connectivity index (χ2v) is 7.73. The molecule has 0 aliphatic heterocycles. The number of nitrogens with one attached hydrogen (secondary N) is 1. The van der Waals surface area contributed by atoms with Crippen molar-refractivity contribution in [2.45, 2.75) is 28.5 Å². The lowest BCUT2D eigenvalue weighted by atomic mass is 10.1. The van der Waals surface area contributed by atoms with E-state index in [9.17, 15) is 41.6 Å². The molecule has 0 fully saturated rings. The molecule has 0 radical (unpaired) electrons. The van der Waals surface area contributed by atoms with Crippen LogP contribution >= 0.6 is 0 Å². The van der Waals surface area contributed by atoms with E-state index in [1.54, 1.807) is 11.4 Å². The number of sulfone groups is 1. The number of hydrogen-bond donors (Lipinski definition) is 2. The molecule has 0 aliphatic rings. The molecule has 2 rings (SSSR count). The lowest BCUT2D eigenvalue weighted by molar-refractivity contribution is -0.384. The summed E-state index contributed by atoms with van der Waals surface area (Å²) in [6.45, 7) is 0.183. The Labute approximate surface area is 156 Å². The van der Waals surface area contributed by atoms with Gasteiger partial charge in [0.15, 0.2) is 0 Å². The largest absolute Gasteiger partial charge is 0.426 e. The number of carbonyl (C=O) groups excluding carboxylic acids is 1. The predicted molar refractivity (Wildman–Crippen MR) is 90.3 cm³/mol. The maximum absolute atomic E-state index is 12.7. The molecule has 8 nitrogen and oxygen atoms in total. The third-order valence-corrected chi connectivity index (χ3v) is 5.54. The van der Waals surface area contributed by atoms with E-state index in [1.807, 2.05) is 0 Å². The van der Waals surface area contributed by atoms with Crippen LogP contribution in [0.4, 0.5) is 24.5 Å². The van der Waals surface area contributed by atoms with Gasteiger partial charge in [-0.2, -0.15) is 13.2 Å². The van der Waals surface area contributed by atoms with Crippen molar-refractivity contribution in [3.8, 4) is 0 Å². The average Bonchev–Trinajstić information content (AvgIpc) is 2.61. The molecule has 0 aromatic heterocycles. The van der Waals surface area contributed by atoms with E-state index in [0.29, 0.717) is 6.07 Å². The summed E-state index contributed by atoms with van der Waals surface area (Å²) >= 11 is 0. The fourth-order valence-electron chi connectivity index (χ4n) is 2.04. The molecule has 2 aromatic carbocycles. The van der Waals surface area contributed by atoms with Gasteiger partial charge in [-0.05, 0) is 31.2 Å². The number of anilines is 1. The highest BCUT2D eigenvalue weighted by Gasteiger charge is 2.56. The summed E-state index contributed by atoms with van der Waals surface area (Å²) in [4.78, 5) is 21.3. The van der Waals surface area contributed by atoms with Crippen LogP contribution in [-0.4, -0.2) is 36.1 Å². The second-order valence-electron chi connectivity index (χ2n) is 5.78. The van der Waals surface area contributed by atoms with E-state index in [0.717, 1.165) is 12.1 Å². The monoisotopic (exact) mass is 418 g/mol. The van der Waals surface area contributed by atoms with E-state index in [-0.39, 0.29) is 11.8 Å². The summed E-state index contributed by atoms with van der Waals surface area (Å²) in [7, 11) is -4.14. The number of nitro groups is 1. The van der Waals surface area contributed by atoms with Crippen molar-refractivity contribution in [3.63, 3.8) is 0 Å². The molecule has 0 unspecified atom stereocenters. The Morgan fingerprint density at radius 1 is 1.11 bits per heavy atom. The molecule has 28 heavy (non-hydrogen) atoms. The standard InChI is InChI=1S/C16H13F3N2O6S/c1-15(23,16(17,18)19)14(22)20-12-8-7-11(9-13(12)21(24)25)28(26,27)10-5-3-2-4-6-10/h2-9,23H,1H3,(H,20,22)/t15-/m0/s1. The summed E-state index contributed by atoms with van der Waals surface area (Å²) < 4.78 is 63.3.